The molecular weight excluding hydrogens is 348 g/mol. The monoisotopic (exact) mass is 374 g/mol. The van der Waals surface area contributed by atoms with E-state index in [2.05, 4.69) is 31.8 Å². The molecule has 2 heterocycles. The molecule has 0 radical (unpaired) electrons. The molecule has 0 bridgehead atoms. The Morgan fingerprint density at radius 3 is 2.54 bits per heavy atom. The highest BCUT2D eigenvalue weighted by molar-refractivity contribution is 6.08. The van der Waals surface area contributed by atoms with Crippen LogP contribution in [0.5, 0.6) is 0 Å². The summed E-state index contributed by atoms with van der Waals surface area (Å²) in [5.74, 6) is -0.0769. The van der Waals surface area contributed by atoms with Crippen LogP contribution in [0.2, 0.25) is 0 Å². The molecule has 0 spiro atoms. The summed E-state index contributed by atoms with van der Waals surface area (Å²) in [6.07, 6.45) is 3.21. The van der Waals surface area contributed by atoms with Crippen LogP contribution in [0.1, 0.15) is 55.8 Å². The van der Waals surface area contributed by atoms with Gasteiger partial charge < -0.3 is 0 Å². The van der Waals surface area contributed by atoms with Crippen molar-refractivity contribution in [3.63, 3.8) is 0 Å². The van der Waals surface area contributed by atoms with Crippen molar-refractivity contribution in [3.8, 4) is 0 Å². The smallest absolute Gasteiger partial charge is 0.232 e. The van der Waals surface area contributed by atoms with Crippen LogP contribution >= 0.6 is 0 Å². The van der Waals surface area contributed by atoms with Gasteiger partial charge in [0.15, 0.2) is 5.78 Å². The van der Waals surface area contributed by atoms with E-state index in [9.17, 15) is 9.59 Å². The van der Waals surface area contributed by atoms with Crippen molar-refractivity contribution in [1.82, 2.24) is 4.98 Å². The fraction of sp³-hybridized carbons (Fsp3) is 0.375. The van der Waals surface area contributed by atoms with Crippen LogP contribution in [-0.2, 0) is 9.59 Å². The number of carbonyl (C=O) groups is 2. The predicted octanol–water partition coefficient (Wildman–Crippen LogP) is 4.86. The lowest BCUT2D eigenvalue weighted by Gasteiger charge is -2.43. The van der Waals surface area contributed by atoms with E-state index in [0.29, 0.717) is 12.8 Å². The molecule has 0 saturated heterocycles. The molecule has 2 aliphatic rings. The molecule has 1 aromatic heterocycles. The number of amides is 1. The van der Waals surface area contributed by atoms with E-state index in [1.807, 2.05) is 42.2 Å². The number of benzene rings is 1. The number of allylic oxidation sites excluding steroid dienone is 2. The largest absolute Gasteiger partial charge is 0.294 e. The normalized spacial score (nSPS) is 21.7. The van der Waals surface area contributed by atoms with Crippen LogP contribution in [0.15, 0.2) is 53.9 Å². The van der Waals surface area contributed by atoms with Crippen molar-refractivity contribution in [1.29, 1.82) is 0 Å². The van der Waals surface area contributed by atoms with Crippen LogP contribution in [0.25, 0.3) is 0 Å². The van der Waals surface area contributed by atoms with Crippen molar-refractivity contribution in [2.75, 3.05) is 4.90 Å². The third-order valence-electron chi connectivity index (χ3n) is 6.00. The first kappa shape index (κ1) is 18.6. The number of carbonyl (C=O) groups excluding carboxylic acids is 2. The summed E-state index contributed by atoms with van der Waals surface area (Å²) in [7, 11) is 0. The number of pyridine rings is 1. The molecule has 1 aliphatic carbocycles. The third kappa shape index (κ3) is 3.07. The summed E-state index contributed by atoms with van der Waals surface area (Å²) in [4.78, 5) is 32.9. The number of Topliss-reactive ketones (excluding diaryl/α,β-unsaturated/α-hetero) is 1. The highest BCUT2D eigenvalue weighted by Gasteiger charge is 2.44. The van der Waals surface area contributed by atoms with E-state index in [4.69, 9.17) is 0 Å². The molecule has 4 rings (SSSR count). The maximum atomic E-state index is 13.4. The highest BCUT2D eigenvalue weighted by Crippen LogP contribution is 2.48. The van der Waals surface area contributed by atoms with Gasteiger partial charge >= 0.3 is 0 Å². The molecule has 1 unspecified atom stereocenters. The number of ketones is 1. The maximum absolute atomic E-state index is 13.4. The standard InChI is InChI=1S/C24H26N2O2/c1-15-8-7-10-19(16(15)2)26-20-13-24(3,4)14-21(27)23(20)17(12-22(26)28)18-9-5-6-11-25-18/h5-11,17H,12-14H2,1-4H3. The molecule has 1 atom stereocenters. The number of nitrogens with zero attached hydrogens (tertiary/aromatic N) is 2. The Balaban J connectivity index is 1.94. The number of hydrogen-bond donors (Lipinski definition) is 0. The number of aromatic nitrogens is 1. The molecule has 0 saturated carbocycles. The van der Waals surface area contributed by atoms with Gasteiger partial charge in [0.25, 0.3) is 0 Å². The Hall–Kier alpha value is -2.75. The van der Waals surface area contributed by atoms with Crippen molar-refractivity contribution in [2.24, 2.45) is 5.41 Å². The third-order valence-corrected chi connectivity index (χ3v) is 6.00. The highest BCUT2D eigenvalue weighted by atomic mass is 16.2. The molecule has 28 heavy (non-hydrogen) atoms. The molecule has 144 valence electrons. The maximum Gasteiger partial charge on any atom is 0.232 e. The van der Waals surface area contributed by atoms with E-state index in [1.54, 1.807) is 6.20 Å². The van der Waals surface area contributed by atoms with E-state index >= 15 is 0 Å². The molecular formula is C24H26N2O2. The van der Waals surface area contributed by atoms with Crippen LogP contribution in [0.4, 0.5) is 5.69 Å². The minimum Gasteiger partial charge on any atom is -0.294 e. The Morgan fingerprint density at radius 2 is 1.82 bits per heavy atom. The van der Waals surface area contributed by atoms with Gasteiger partial charge in [0.05, 0.1) is 5.69 Å². The van der Waals surface area contributed by atoms with Crippen LogP contribution < -0.4 is 4.90 Å². The minimum atomic E-state index is -0.256. The summed E-state index contributed by atoms with van der Waals surface area (Å²) >= 11 is 0. The average Bonchev–Trinajstić information content (AvgIpc) is 2.63. The summed E-state index contributed by atoms with van der Waals surface area (Å²) in [6.45, 7) is 8.30. The summed E-state index contributed by atoms with van der Waals surface area (Å²) < 4.78 is 0. The van der Waals surface area contributed by atoms with Gasteiger partial charge in [0, 0.05) is 41.9 Å². The van der Waals surface area contributed by atoms with Gasteiger partial charge in [-0.3, -0.25) is 19.5 Å². The van der Waals surface area contributed by atoms with Gasteiger partial charge in [0.1, 0.15) is 0 Å². The molecule has 1 aromatic carbocycles. The first-order valence-corrected chi connectivity index (χ1v) is 9.85. The van der Waals surface area contributed by atoms with Crippen molar-refractivity contribution < 1.29 is 9.59 Å². The lowest BCUT2D eigenvalue weighted by Crippen LogP contribution is -2.44. The van der Waals surface area contributed by atoms with Crippen LogP contribution in [0.3, 0.4) is 0 Å². The second kappa shape index (κ2) is 6.69. The minimum absolute atomic E-state index is 0.0357. The lowest BCUT2D eigenvalue weighted by molar-refractivity contribution is -0.121. The summed E-state index contributed by atoms with van der Waals surface area (Å²) in [5.41, 5.74) is 5.38. The number of anilines is 1. The van der Waals surface area contributed by atoms with Gasteiger partial charge in [0.2, 0.25) is 5.91 Å². The van der Waals surface area contributed by atoms with Gasteiger partial charge in [-0.15, -0.1) is 0 Å². The van der Waals surface area contributed by atoms with Gasteiger partial charge in [-0.2, -0.15) is 0 Å². The topological polar surface area (TPSA) is 50.3 Å². The molecule has 4 heteroatoms. The van der Waals surface area contributed by atoms with E-state index < -0.39 is 0 Å². The Bertz CT molecular complexity index is 989. The molecule has 0 N–H and O–H groups in total. The fourth-order valence-electron chi connectivity index (χ4n) is 4.51. The molecule has 1 amide bonds. The number of rotatable bonds is 2. The van der Waals surface area contributed by atoms with Gasteiger partial charge in [-0.1, -0.05) is 32.0 Å². The van der Waals surface area contributed by atoms with Crippen molar-refractivity contribution >= 4 is 17.4 Å². The molecule has 0 fully saturated rings. The Kier molecular flexibility index (Phi) is 4.45. The van der Waals surface area contributed by atoms with E-state index in [-0.39, 0.29) is 29.4 Å². The first-order valence-electron chi connectivity index (χ1n) is 9.85. The number of aryl methyl sites for hydroxylation is 1. The van der Waals surface area contributed by atoms with Crippen molar-refractivity contribution in [3.05, 3.63) is 70.7 Å². The molecule has 2 aromatic rings. The zero-order chi connectivity index (χ0) is 20.1. The van der Waals surface area contributed by atoms with Crippen molar-refractivity contribution in [2.45, 2.75) is 52.9 Å². The SMILES string of the molecule is Cc1cccc(N2C(=O)CC(c3ccccn3)C3=C2CC(C)(C)CC3=O)c1C. The Morgan fingerprint density at radius 1 is 1.04 bits per heavy atom. The van der Waals surface area contributed by atoms with E-state index in [0.717, 1.165) is 33.8 Å². The van der Waals surface area contributed by atoms with Crippen LogP contribution in [0, 0.1) is 19.3 Å². The zero-order valence-corrected chi connectivity index (χ0v) is 17.0. The summed E-state index contributed by atoms with van der Waals surface area (Å²) in [6, 6.07) is 11.7. The Labute approximate surface area is 166 Å². The average molecular weight is 374 g/mol. The zero-order valence-electron chi connectivity index (χ0n) is 17.0. The second-order valence-electron chi connectivity index (χ2n) is 8.76. The predicted molar refractivity (Wildman–Crippen MR) is 110 cm³/mol. The van der Waals surface area contributed by atoms with Crippen LogP contribution in [-0.4, -0.2) is 16.7 Å². The van der Waals surface area contributed by atoms with E-state index in [1.165, 1.54) is 0 Å². The fourth-order valence-corrected chi connectivity index (χ4v) is 4.51. The quantitative estimate of drug-likeness (QED) is 0.754. The molecule has 1 aliphatic heterocycles. The lowest BCUT2D eigenvalue weighted by atomic mass is 9.70. The second-order valence-corrected chi connectivity index (χ2v) is 8.76. The molecule has 4 nitrogen and oxygen atoms in total. The van der Waals surface area contributed by atoms with Gasteiger partial charge in [-0.05, 0) is 55.0 Å². The first-order chi connectivity index (χ1) is 13.3. The number of hydrogen-bond acceptors (Lipinski definition) is 3. The summed E-state index contributed by atoms with van der Waals surface area (Å²) in [5, 5.41) is 0. The van der Waals surface area contributed by atoms with Gasteiger partial charge in [-0.25, -0.2) is 0 Å².